The maximum atomic E-state index is 13.0. The molecule has 0 radical (unpaired) electrons. The summed E-state index contributed by atoms with van der Waals surface area (Å²) in [7, 11) is -3.45. The van der Waals surface area contributed by atoms with Gasteiger partial charge in [0, 0.05) is 24.2 Å². The third kappa shape index (κ3) is 4.14. The quantitative estimate of drug-likeness (QED) is 0.647. The number of nitrogens with one attached hydrogen (secondary N) is 1. The molecular formula is C23H27N3O2S. The average Bonchev–Trinajstić information content (AvgIpc) is 2.74. The first kappa shape index (κ1) is 19.9. The van der Waals surface area contributed by atoms with Crippen LogP contribution in [0.4, 0.5) is 11.5 Å². The standard InChI is InChI=1S/C23H27N3O2S/c1-3-18-6-4-5-7-21(18)24-23-11-8-19-16-20(9-10-22(19)25-23)29(27,28)26-14-12-17(2)13-15-26/h4-11,16-17H,3,12-15H2,1-2H3,(H,24,25). The minimum atomic E-state index is -3.45. The van der Waals surface area contributed by atoms with E-state index in [2.05, 4.69) is 30.2 Å². The minimum absolute atomic E-state index is 0.346. The van der Waals surface area contributed by atoms with Gasteiger partial charge in [0.15, 0.2) is 0 Å². The van der Waals surface area contributed by atoms with Gasteiger partial charge in [-0.3, -0.25) is 0 Å². The van der Waals surface area contributed by atoms with E-state index in [1.165, 1.54) is 5.56 Å². The second-order valence-electron chi connectivity index (χ2n) is 7.77. The summed E-state index contributed by atoms with van der Waals surface area (Å²) < 4.78 is 27.6. The molecule has 0 bridgehead atoms. The van der Waals surface area contributed by atoms with Gasteiger partial charge < -0.3 is 5.32 Å². The van der Waals surface area contributed by atoms with Crippen LogP contribution in [0.1, 0.15) is 32.3 Å². The predicted molar refractivity (Wildman–Crippen MR) is 118 cm³/mol. The Labute approximate surface area is 172 Å². The van der Waals surface area contributed by atoms with Crippen LogP contribution in [-0.2, 0) is 16.4 Å². The summed E-state index contributed by atoms with van der Waals surface area (Å²) in [6.45, 7) is 5.49. The lowest BCUT2D eigenvalue weighted by atomic mass is 10.0. The molecule has 0 unspecified atom stereocenters. The molecule has 4 rings (SSSR count). The van der Waals surface area contributed by atoms with E-state index in [-0.39, 0.29) is 0 Å². The Morgan fingerprint density at radius 2 is 1.83 bits per heavy atom. The number of pyridine rings is 1. The van der Waals surface area contributed by atoms with Crippen LogP contribution in [-0.4, -0.2) is 30.8 Å². The van der Waals surface area contributed by atoms with Crippen molar-refractivity contribution < 1.29 is 8.42 Å². The van der Waals surface area contributed by atoms with E-state index < -0.39 is 10.0 Å². The molecule has 1 aliphatic heterocycles. The summed E-state index contributed by atoms with van der Waals surface area (Å²) in [4.78, 5) is 5.02. The number of benzene rings is 2. The van der Waals surface area contributed by atoms with Crippen LogP contribution in [0.15, 0.2) is 59.5 Å². The van der Waals surface area contributed by atoms with Gasteiger partial charge in [0.1, 0.15) is 5.82 Å². The Morgan fingerprint density at radius 3 is 2.59 bits per heavy atom. The third-order valence-corrected chi connectivity index (χ3v) is 7.60. The number of rotatable bonds is 5. The summed E-state index contributed by atoms with van der Waals surface area (Å²) in [6, 6.07) is 17.2. The van der Waals surface area contributed by atoms with E-state index in [1.807, 2.05) is 30.3 Å². The average molecular weight is 410 g/mol. The molecule has 2 heterocycles. The van der Waals surface area contributed by atoms with Gasteiger partial charge in [0.25, 0.3) is 0 Å². The minimum Gasteiger partial charge on any atom is -0.340 e. The van der Waals surface area contributed by atoms with E-state index in [9.17, 15) is 8.42 Å². The second kappa shape index (κ2) is 8.13. The molecule has 1 saturated heterocycles. The first-order valence-electron chi connectivity index (χ1n) is 10.2. The van der Waals surface area contributed by atoms with Gasteiger partial charge in [0.2, 0.25) is 10.0 Å². The van der Waals surface area contributed by atoms with Crippen molar-refractivity contribution in [2.45, 2.75) is 38.0 Å². The topological polar surface area (TPSA) is 62.3 Å². The van der Waals surface area contributed by atoms with Gasteiger partial charge in [-0.05, 0) is 67.1 Å². The van der Waals surface area contributed by atoms with E-state index in [4.69, 9.17) is 0 Å². The highest BCUT2D eigenvalue weighted by Gasteiger charge is 2.28. The summed E-state index contributed by atoms with van der Waals surface area (Å²) in [5.41, 5.74) is 3.04. The number of para-hydroxylation sites is 1. The van der Waals surface area contributed by atoms with Crippen LogP contribution in [0.2, 0.25) is 0 Å². The van der Waals surface area contributed by atoms with Gasteiger partial charge >= 0.3 is 0 Å². The Kier molecular flexibility index (Phi) is 5.56. The largest absolute Gasteiger partial charge is 0.340 e. The molecule has 2 aromatic carbocycles. The number of hydrogen-bond donors (Lipinski definition) is 1. The van der Waals surface area contributed by atoms with Crippen LogP contribution < -0.4 is 5.32 Å². The summed E-state index contributed by atoms with van der Waals surface area (Å²) >= 11 is 0. The number of aryl methyl sites for hydroxylation is 1. The third-order valence-electron chi connectivity index (χ3n) is 5.70. The fourth-order valence-corrected chi connectivity index (χ4v) is 5.30. The maximum absolute atomic E-state index is 13.0. The first-order chi connectivity index (χ1) is 14.0. The maximum Gasteiger partial charge on any atom is 0.243 e. The van der Waals surface area contributed by atoms with Gasteiger partial charge in [-0.15, -0.1) is 0 Å². The van der Waals surface area contributed by atoms with E-state index in [0.717, 1.165) is 41.7 Å². The number of anilines is 2. The van der Waals surface area contributed by atoms with E-state index in [1.54, 1.807) is 22.5 Å². The fraction of sp³-hybridized carbons (Fsp3) is 0.348. The predicted octanol–water partition coefficient (Wildman–Crippen LogP) is 4.96. The van der Waals surface area contributed by atoms with Crippen molar-refractivity contribution in [2.24, 2.45) is 5.92 Å². The van der Waals surface area contributed by atoms with Crippen molar-refractivity contribution in [1.29, 1.82) is 0 Å². The molecule has 5 nitrogen and oxygen atoms in total. The molecular weight excluding hydrogens is 382 g/mol. The first-order valence-corrected chi connectivity index (χ1v) is 11.7. The lowest BCUT2D eigenvalue weighted by Gasteiger charge is -2.29. The smallest absolute Gasteiger partial charge is 0.243 e. The summed E-state index contributed by atoms with van der Waals surface area (Å²) in [5, 5.41) is 4.20. The summed E-state index contributed by atoms with van der Waals surface area (Å²) in [5.74, 6) is 1.34. The second-order valence-corrected chi connectivity index (χ2v) is 9.71. The highest BCUT2D eigenvalue weighted by Crippen LogP contribution is 2.27. The zero-order valence-electron chi connectivity index (χ0n) is 16.9. The Balaban J connectivity index is 1.60. The van der Waals surface area contributed by atoms with Crippen molar-refractivity contribution in [3.63, 3.8) is 0 Å². The molecule has 1 aromatic heterocycles. The normalized spacial score (nSPS) is 16.2. The van der Waals surface area contributed by atoms with Crippen LogP contribution in [0.3, 0.4) is 0 Å². The van der Waals surface area contributed by atoms with Gasteiger partial charge in [-0.2, -0.15) is 4.31 Å². The number of fused-ring (bicyclic) bond motifs is 1. The molecule has 0 saturated carbocycles. The van der Waals surface area contributed by atoms with Crippen LogP contribution in [0.5, 0.6) is 0 Å². The van der Waals surface area contributed by atoms with Crippen LogP contribution >= 0.6 is 0 Å². The fourth-order valence-electron chi connectivity index (χ4n) is 3.80. The molecule has 0 spiro atoms. The number of hydrogen-bond acceptors (Lipinski definition) is 4. The van der Waals surface area contributed by atoms with E-state index in [0.29, 0.717) is 23.9 Å². The molecule has 29 heavy (non-hydrogen) atoms. The highest BCUT2D eigenvalue weighted by molar-refractivity contribution is 7.89. The Hall–Kier alpha value is -2.44. The lowest BCUT2D eigenvalue weighted by Crippen LogP contribution is -2.37. The molecule has 6 heteroatoms. The van der Waals surface area contributed by atoms with Crippen LogP contribution in [0.25, 0.3) is 10.9 Å². The zero-order valence-corrected chi connectivity index (χ0v) is 17.7. The highest BCUT2D eigenvalue weighted by atomic mass is 32.2. The van der Waals surface area contributed by atoms with Crippen molar-refractivity contribution in [3.05, 3.63) is 60.2 Å². The van der Waals surface area contributed by atoms with Crippen molar-refractivity contribution >= 4 is 32.4 Å². The SMILES string of the molecule is CCc1ccccc1Nc1ccc2cc(S(=O)(=O)N3CCC(C)CC3)ccc2n1. The molecule has 0 atom stereocenters. The molecule has 0 aliphatic carbocycles. The van der Waals surface area contributed by atoms with Crippen molar-refractivity contribution in [2.75, 3.05) is 18.4 Å². The monoisotopic (exact) mass is 409 g/mol. The molecule has 0 amide bonds. The Morgan fingerprint density at radius 1 is 1.07 bits per heavy atom. The molecule has 1 aliphatic rings. The van der Waals surface area contributed by atoms with E-state index >= 15 is 0 Å². The number of piperidine rings is 1. The number of nitrogens with zero attached hydrogens (tertiary/aromatic N) is 2. The van der Waals surface area contributed by atoms with Crippen molar-refractivity contribution in [1.82, 2.24) is 9.29 Å². The van der Waals surface area contributed by atoms with Gasteiger partial charge in [-0.1, -0.05) is 32.0 Å². The van der Waals surface area contributed by atoms with Crippen molar-refractivity contribution in [3.8, 4) is 0 Å². The van der Waals surface area contributed by atoms with Crippen LogP contribution in [0, 0.1) is 5.92 Å². The molecule has 152 valence electrons. The summed E-state index contributed by atoms with van der Waals surface area (Å²) in [6.07, 6.45) is 2.78. The molecule has 1 fully saturated rings. The molecule has 1 N–H and O–H groups in total. The van der Waals surface area contributed by atoms with Gasteiger partial charge in [-0.25, -0.2) is 13.4 Å². The Bertz CT molecular complexity index is 1120. The number of aromatic nitrogens is 1. The number of sulfonamides is 1. The zero-order chi connectivity index (χ0) is 20.4. The lowest BCUT2D eigenvalue weighted by molar-refractivity contribution is 0.288. The van der Waals surface area contributed by atoms with Gasteiger partial charge in [0.05, 0.1) is 10.4 Å². The molecule has 3 aromatic rings.